The molecule has 0 aliphatic rings. The molecule has 0 amide bonds. The molecule has 8 heteroatoms. The predicted molar refractivity (Wildman–Crippen MR) is 57.1 cm³/mol. The van der Waals surface area contributed by atoms with E-state index in [9.17, 15) is 8.42 Å². The maximum atomic E-state index is 11.9. The van der Waals surface area contributed by atoms with Crippen LogP contribution in [0.1, 0.15) is 0 Å². The highest BCUT2D eigenvalue weighted by molar-refractivity contribution is 7.89. The smallest absolute Gasteiger partial charge is 0.261 e. The molecule has 1 rings (SSSR count). The highest BCUT2D eigenvalue weighted by Gasteiger charge is 2.26. The third-order valence-corrected chi connectivity index (χ3v) is 4.31. The number of likely N-dealkylation sites (N-methyl/N-ethyl adjacent to an activating group) is 1. The number of rotatable bonds is 4. The van der Waals surface area contributed by atoms with E-state index in [1.54, 1.807) is 0 Å². The van der Waals surface area contributed by atoms with Crippen LogP contribution < -0.4 is 5.73 Å². The average Bonchev–Trinajstić information content (AvgIpc) is 2.46. The molecule has 1 heterocycles. The lowest BCUT2D eigenvalue weighted by Gasteiger charge is -2.16. The molecule has 0 radical (unpaired) electrons. The van der Waals surface area contributed by atoms with Crippen LogP contribution in [0.2, 0.25) is 5.02 Å². The fraction of sp³-hybridized carbons (Fsp3) is 0.571. The highest BCUT2D eigenvalue weighted by Crippen LogP contribution is 2.22. The van der Waals surface area contributed by atoms with Gasteiger partial charge in [-0.25, -0.2) is 8.42 Å². The van der Waals surface area contributed by atoms with E-state index in [4.69, 9.17) is 17.3 Å². The molecule has 1 aromatic rings. The van der Waals surface area contributed by atoms with Gasteiger partial charge in [0.1, 0.15) is 0 Å². The van der Waals surface area contributed by atoms with Crippen LogP contribution in [-0.2, 0) is 17.1 Å². The molecule has 15 heavy (non-hydrogen) atoms. The van der Waals surface area contributed by atoms with Crippen molar-refractivity contribution in [2.45, 2.75) is 5.03 Å². The molecular formula is C7H13ClN4O2S. The van der Waals surface area contributed by atoms with Crippen molar-refractivity contribution in [1.29, 1.82) is 0 Å². The van der Waals surface area contributed by atoms with Crippen LogP contribution >= 0.6 is 11.6 Å². The third-order valence-electron chi connectivity index (χ3n) is 1.94. The van der Waals surface area contributed by atoms with Gasteiger partial charge in [-0.15, -0.1) is 0 Å². The molecule has 0 saturated carbocycles. The molecule has 0 aliphatic heterocycles. The van der Waals surface area contributed by atoms with Crippen molar-refractivity contribution in [2.75, 3.05) is 20.1 Å². The highest BCUT2D eigenvalue weighted by atomic mass is 35.5. The first-order valence-corrected chi connectivity index (χ1v) is 6.07. The predicted octanol–water partition coefficient (Wildman–Crippen LogP) is -0.347. The molecule has 0 saturated heterocycles. The van der Waals surface area contributed by atoms with E-state index in [0.29, 0.717) is 0 Å². The third kappa shape index (κ3) is 2.31. The Balaban J connectivity index is 3.17. The molecular weight excluding hydrogens is 240 g/mol. The summed E-state index contributed by atoms with van der Waals surface area (Å²) in [7, 11) is -0.625. The molecule has 1 aromatic heterocycles. The molecule has 0 atom stereocenters. The summed E-state index contributed by atoms with van der Waals surface area (Å²) in [6.45, 7) is 0.495. The number of nitrogens with zero attached hydrogens (tertiary/aromatic N) is 3. The maximum Gasteiger partial charge on any atom is 0.261 e. The van der Waals surface area contributed by atoms with E-state index in [1.165, 1.54) is 25.0 Å². The fourth-order valence-corrected chi connectivity index (χ4v) is 2.92. The maximum absolute atomic E-state index is 11.9. The first kappa shape index (κ1) is 12.4. The number of nitrogens with two attached hydrogens (primary N) is 1. The van der Waals surface area contributed by atoms with Gasteiger partial charge in [-0.2, -0.15) is 9.40 Å². The number of hydrogen-bond donors (Lipinski definition) is 1. The van der Waals surface area contributed by atoms with Crippen molar-refractivity contribution in [3.05, 3.63) is 11.2 Å². The molecule has 0 bridgehead atoms. The SMILES string of the molecule is CN(CCN)S(=O)(=O)c1c(Cl)cnn1C. The Labute approximate surface area is 93.7 Å². The van der Waals surface area contributed by atoms with Gasteiger partial charge in [0.25, 0.3) is 10.0 Å². The molecule has 0 spiro atoms. The van der Waals surface area contributed by atoms with Gasteiger partial charge in [0.2, 0.25) is 0 Å². The number of hydrogen-bond acceptors (Lipinski definition) is 4. The zero-order valence-electron chi connectivity index (χ0n) is 8.51. The molecule has 86 valence electrons. The summed E-state index contributed by atoms with van der Waals surface area (Å²) in [6, 6.07) is 0. The number of aromatic nitrogens is 2. The largest absolute Gasteiger partial charge is 0.329 e. The summed E-state index contributed by atoms with van der Waals surface area (Å²) >= 11 is 5.75. The van der Waals surface area contributed by atoms with Gasteiger partial charge in [-0.1, -0.05) is 11.6 Å². The average molecular weight is 253 g/mol. The standard InChI is InChI=1S/C7H13ClN4O2S/c1-11(4-3-9)15(13,14)7-6(8)5-10-12(7)2/h5H,3-4,9H2,1-2H3. The normalized spacial score (nSPS) is 12.3. The summed E-state index contributed by atoms with van der Waals surface area (Å²) in [4.78, 5) is 0. The Hall–Kier alpha value is -0.630. The minimum absolute atomic E-state index is 0.0138. The van der Waals surface area contributed by atoms with Gasteiger partial charge in [-0.3, -0.25) is 4.68 Å². The Morgan fingerprint density at radius 1 is 1.67 bits per heavy atom. The van der Waals surface area contributed by atoms with E-state index < -0.39 is 10.0 Å². The van der Waals surface area contributed by atoms with Gasteiger partial charge in [0.15, 0.2) is 5.03 Å². The quantitative estimate of drug-likeness (QED) is 0.795. The lowest BCUT2D eigenvalue weighted by atomic mass is 10.7. The zero-order chi connectivity index (χ0) is 11.6. The van der Waals surface area contributed by atoms with Gasteiger partial charge in [0, 0.05) is 27.2 Å². The Morgan fingerprint density at radius 3 is 2.67 bits per heavy atom. The van der Waals surface area contributed by atoms with Crippen LogP contribution in [-0.4, -0.2) is 42.6 Å². The monoisotopic (exact) mass is 252 g/mol. The molecule has 2 N–H and O–H groups in total. The summed E-state index contributed by atoms with van der Waals surface area (Å²) in [5.41, 5.74) is 5.29. The molecule has 0 aliphatic carbocycles. The summed E-state index contributed by atoms with van der Waals surface area (Å²) in [5.74, 6) is 0. The Morgan fingerprint density at radius 2 is 2.27 bits per heavy atom. The minimum Gasteiger partial charge on any atom is -0.329 e. The van der Waals surface area contributed by atoms with Crippen molar-refractivity contribution in [3.8, 4) is 0 Å². The van der Waals surface area contributed by atoms with Crippen LogP contribution in [0.15, 0.2) is 11.2 Å². The van der Waals surface area contributed by atoms with Crippen molar-refractivity contribution >= 4 is 21.6 Å². The van der Waals surface area contributed by atoms with Crippen LogP contribution in [0.3, 0.4) is 0 Å². The van der Waals surface area contributed by atoms with Crippen LogP contribution in [0, 0.1) is 0 Å². The van der Waals surface area contributed by atoms with E-state index in [2.05, 4.69) is 5.10 Å². The zero-order valence-corrected chi connectivity index (χ0v) is 10.1. The molecule has 0 fully saturated rings. The van der Waals surface area contributed by atoms with Crippen LogP contribution in [0.5, 0.6) is 0 Å². The number of halogens is 1. The Bertz CT molecular complexity index is 422. The van der Waals surface area contributed by atoms with E-state index in [1.807, 2.05) is 0 Å². The van der Waals surface area contributed by atoms with Crippen molar-refractivity contribution in [2.24, 2.45) is 12.8 Å². The summed E-state index contributed by atoms with van der Waals surface area (Å²) < 4.78 is 26.3. The molecule has 0 aromatic carbocycles. The van der Waals surface area contributed by atoms with Crippen molar-refractivity contribution < 1.29 is 8.42 Å². The summed E-state index contributed by atoms with van der Waals surface area (Å²) in [6.07, 6.45) is 1.30. The van der Waals surface area contributed by atoms with E-state index in [0.717, 1.165) is 4.31 Å². The first-order valence-electron chi connectivity index (χ1n) is 4.25. The molecule has 0 unspecified atom stereocenters. The van der Waals surface area contributed by atoms with Crippen LogP contribution in [0.25, 0.3) is 0 Å². The first-order chi connectivity index (χ1) is 6.91. The molecule has 6 nitrogen and oxygen atoms in total. The topological polar surface area (TPSA) is 81.2 Å². The lowest BCUT2D eigenvalue weighted by Crippen LogP contribution is -2.33. The fourth-order valence-electron chi connectivity index (χ4n) is 1.14. The minimum atomic E-state index is -3.60. The second-order valence-electron chi connectivity index (χ2n) is 3.04. The lowest BCUT2D eigenvalue weighted by molar-refractivity contribution is 0.467. The van der Waals surface area contributed by atoms with Crippen LogP contribution in [0.4, 0.5) is 0 Å². The second-order valence-corrected chi connectivity index (χ2v) is 5.40. The van der Waals surface area contributed by atoms with Gasteiger partial charge in [0.05, 0.1) is 11.2 Å². The van der Waals surface area contributed by atoms with Gasteiger partial charge in [-0.05, 0) is 0 Å². The Kier molecular flexibility index (Phi) is 3.72. The van der Waals surface area contributed by atoms with Gasteiger partial charge < -0.3 is 5.73 Å². The number of aryl methyl sites for hydroxylation is 1. The number of sulfonamides is 1. The summed E-state index contributed by atoms with van der Waals surface area (Å²) in [5, 5.41) is 3.87. The van der Waals surface area contributed by atoms with E-state index in [-0.39, 0.29) is 23.1 Å². The van der Waals surface area contributed by atoms with Crippen molar-refractivity contribution in [3.63, 3.8) is 0 Å². The van der Waals surface area contributed by atoms with Crippen molar-refractivity contribution in [1.82, 2.24) is 14.1 Å². The van der Waals surface area contributed by atoms with Gasteiger partial charge >= 0.3 is 0 Å². The second kappa shape index (κ2) is 4.48. The van der Waals surface area contributed by atoms with E-state index >= 15 is 0 Å².